The van der Waals surface area contributed by atoms with E-state index in [0.29, 0.717) is 31.2 Å². The summed E-state index contributed by atoms with van der Waals surface area (Å²) in [5, 5.41) is 3.03. The first-order valence-corrected chi connectivity index (χ1v) is 9.70. The third-order valence-corrected chi connectivity index (χ3v) is 5.44. The van der Waals surface area contributed by atoms with E-state index >= 15 is 0 Å². The second kappa shape index (κ2) is 7.92. The molecule has 2 saturated heterocycles. The summed E-state index contributed by atoms with van der Waals surface area (Å²) in [4.78, 5) is 28.9. The molecular formula is C22H25N3O2. The van der Waals surface area contributed by atoms with Gasteiger partial charge in [0, 0.05) is 19.0 Å². The van der Waals surface area contributed by atoms with Gasteiger partial charge in [-0.2, -0.15) is 0 Å². The number of amides is 2. The fraction of sp³-hybridized carbons (Fsp3) is 0.364. The Morgan fingerprint density at radius 3 is 2.56 bits per heavy atom. The van der Waals surface area contributed by atoms with Crippen LogP contribution in [0.4, 0.5) is 11.4 Å². The lowest BCUT2D eigenvalue weighted by molar-refractivity contribution is -0.118. The van der Waals surface area contributed by atoms with Crippen LogP contribution in [0.25, 0.3) is 0 Å². The molecule has 1 atom stereocenters. The van der Waals surface area contributed by atoms with Crippen molar-refractivity contribution in [3.8, 4) is 0 Å². The van der Waals surface area contributed by atoms with Crippen molar-refractivity contribution in [2.45, 2.75) is 31.7 Å². The van der Waals surface area contributed by atoms with Gasteiger partial charge in [0.05, 0.1) is 17.9 Å². The maximum Gasteiger partial charge on any atom is 0.238 e. The maximum absolute atomic E-state index is 12.7. The Morgan fingerprint density at radius 1 is 1.00 bits per heavy atom. The fourth-order valence-corrected chi connectivity index (χ4v) is 4.16. The molecule has 1 N–H and O–H groups in total. The topological polar surface area (TPSA) is 52.7 Å². The Balaban J connectivity index is 1.45. The van der Waals surface area contributed by atoms with Crippen LogP contribution in [0.5, 0.6) is 0 Å². The van der Waals surface area contributed by atoms with E-state index < -0.39 is 0 Å². The normalized spacial score (nSPS) is 20.2. The summed E-state index contributed by atoms with van der Waals surface area (Å²) in [6, 6.07) is 18.3. The van der Waals surface area contributed by atoms with E-state index in [1.165, 1.54) is 5.56 Å². The van der Waals surface area contributed by atoms with E-state index in [9.17, 15) is 9.59 Å². The van der Waals surface area contributed by atoms with Crippen molar-refractivity contribution in [2.75, 3.05) is 29.9 Å². The number of carbonyl (C=O) groups is 2. The van der Waals surface area contributed by atoms with Crippen LogP contribution in [0, 0.1) is 0 Å². The van der Waals surface area contributed by atoms with Crippen LogP contribution in [0.1, 0.15) is 37.3 Å². The lowest BCUT2D eigenvalue weighted by Gasteiger charge is -2.25. The highest BCUT2D eigenvalue weighted by Crippen LogP contribution is 2.32. The standard InChI is InChI=1S/C22H25N3O2/c26-21(16-24-14-6-12-19(24)17-8-2-1-3-9-17)23-18-10-4-5-11-20(18)25-15-7-13-22(25)27/h1-5,8-11,19H,6-7,12-16H2,(H,23,26)/t19-/m1/s1. The number of carbonyl (C=O) groups excluding carboxylic acids is 2. The molecule has 0 saturated carbocycles. The zero-order chi connectivity index (χ0) is 18.6. The van der Waals surface area contributed by atoms with Gasteiger partial charge in [-0.1, -0.05) is 42.5 Å². The van der Waals surface area contributed by atoms with Crippen molar-refractivity contribution < 1.29 is 9.59 Å². The third-order valence-electron chi connectivity index (χ3n) is 5.44. The lowest BCUT2D eigenvalue weighted by Crippen LogP contribution is -2.33. The van der Waals surface area contributed by atoms with E-state index in [1.807, 2.05) is 30.3 Å². The second-order valence-corrected chi connectivity index (χ2v) is 7.25. The van der Waals surface area contributed by atoms with Crippen molar-refractivity contribution in [2.24, 2.45) is 0 Å². The average molecular weight is 363 g/mol. The number of nitrogens with one attached hydrogen (secondary N) is 1. The molecule has 2 aliphatic heterocycles. The van der Waals surface area contributed by atoms with E-state index in [2.05, 4.69) is 34.5 Å². The number of hydrogen-bond donors (Lipinski definition) is 1. The molecule has 0 bridgehead atoms. The smallest absolute Gasteiger partial charge is 0.238 e. The van der Waals surface area contributed by atoms with Gasteiger partial charge in [0.15, 0.2) is 0 Å². The first-order valence-electron chi connectivity index (χ1n) is 9.70. The minimum absolute atomic E-state index is 0.0306. The number of para-hydroxylation sites is 2. The molecule has 0 spiro atoms. The minimum atomic E-state index is -0.0306. The molecule has 140 valence electrons. The molecular weight excluding hydrogens is 338 g/mol. The molecule has 0 radical (unpaired) electrons. The third kappa shape index (κ3) is 3.88. The van der Waals surface area contributed by atoms with Crippen LogP contribution in [-0.4, -0.2) is 36.3 Å². The van der Waals surface area contributed by atoms with Crippen molar-refractivity contribution >= 4 is 23.2 Å². The van der Waals surface area contributed by atoms with E-state index in [1.54, 1.807) is 4.90 Å². The Hall–Kier alpha value is -2.66. The van der Waals surface area contributed by atoms with Crippen molar-refractivity contribution in [1.82, 2.24) is 4.90 Å². The van der Waals surface area contributed by atoms with Crippen LogP contribution in [-0.2, 0) is 9.59 Å². The van der Waals surface area contributed by atoms with Crippen molar-refractivity contribution in [1.29, 1.82) is 0 Å². The number of nitrogens with zero attached hydrogens (tertiary/aromatic N) is 2. The average Bonchev–Trinajstić information content (AvgIpc) is 3.32. The van der Waals surface area contributed by atoms with Crippen LogP contribution < -0.4 is 10.2 Å². The summed E-state index contributed by atoms with van der Waals surface area (Å²) in [6.07, 6.45) is 3.63. The zero-order valence-electron chi connectivity index (χ0n) is 15.4. The van der Waals surface area contributed by atoms with Crippen LogP contribution in [0.15, 0.2) is 54.6 Å². The van der Waals surface area contributed by atoms with Gasteiger partial charge in [0.2, 0.25) is 11.8 Å². The Kier molecular flexibility index (Phi) is 5.21. The van der Waals surface area contributed by atoms with Gasteiger partial charge in [0.25, 0.3) is 0 Å². The first kappa shape index (κ1) is 17.7. The van der Waals surface area contributed by atoms with Crippen LogP contribution in [0.2, 0.25) is 0 Å². The number of hydrogen-bond acceptors (Lipinski definition) is 3. The summed E-state index contributed by atoms with van der Waals surface area (Å²) >= 11 is 0. The van der Waals surface area contributed by atoms with Gasteiger partial charge in [-0.25, -0.2) is 0 Å². The highest BCUT2D eigenvalue weighted by molar-refractivity contribution is 6.02. The van der Waals surface area contributed by atoms with E-state index in [-0.39, 0.29) is 11.8 Å². The van der Waals surface area contributed by atoms with Crippen molar-refractivity contribution in [3.63, 3.8) is 0 Å². The van der Waals surface area contributed by atoms with Crippen LogP contribution >= 0.6 is 0 Å². The molecule has 2 aliphatic rings. The molecule has 2 amide bonds. The summed E-state index contributed by atoms with van der Waals surface area (Å²) in [5.41, 5.74) is 2.79. The minimum Gasteiger partial charge on any atom is -0.323 e. The second-order valence-electron chi connectivity index (χ2n) is 7.25. The predicted molar refractivity (Wildman–Crippen MR) is 107 cm³/mol. The van der Waals surface area contributed by atoms with Crippen LogP contribution in [0.3, 0.4) is 0 Å². The SMILES string of the molecule is O=C(CN1CCC[C@@H]1c1ccccc1)Nc1ccccc1N1CCCC1=O. The van der Waals surface area contributed by atoms with Gasteiger partial charge in [-0.3, -0.25) is 14.5 Å². The first-order chi connectivity index (χ1) is 13.2. The molecule has 0 unspecified atom stereocenters. The predicted octanol–water partition coefficient (Wildman–Crippen LogP) is 3.59. The van der Waals surface area contributed by atoms with Gasteiger partial charge in [-0.05, 0) is 43.5 Å². The fourth-order valence-electron chi connectivity index (χ4n) is 4.16. The van der Waals surface area contributed by atoms with E-state index in [0.717, 1.165) is 31.5 Å². The molecule has 27 heavy (non-hydrogen) atoms. The highest BCUT2D eigenvalue weighted by Gasteiger charge is 2.28. The molecule has 2 fully saturated rings. The number of anilines is 2. The summed E-state index contributed by atoms with van der Waals surface area (Å²) in [7, 11) is 0. The quantitative estimate of drug-likeness (QED) is 0.883. The van der Waals surface area contributed by atoms with Gasteiger partial charge >= 0.3 is 0 Å². The van der Waals surface area contributed by atoms with Crippen molar-refractivity contribution in [3.05, 3.63) is 60.2 Å². The molecule has 2 aromatic carbocycles. The molecule has 2 heterocycles. The van der Waals surface area contributed by atoms with Gasteiger partial charge in [0.1, 0.15) is 0 Å². The Morgan fingerprint density at radius 2 is 1.78 bits per heavy atom. The summed E-state index contributed by atoms with van der Waals surface area (Å²) in [5.74, 6) is 0.0947. The molecule has 2 aromatic rings. The molecule has 0 aromatic heterocycles. The summed E-state index contributed by atoms with van der Waals surface area (Å²) in [6.45, 7) is 2.01. The van der Waals surface area contributed by atoms with Gasteiger partial charge in [-0.15, -0.1) is 0 Å². The lowest BCUT2D eigenvalue weighted by atomic mass is 10.0. The Bertz CT molecular complexity index is 821. The molecule has 0 aliphatic carbocycles. The number of rotatable bonds is 5. The monoisotopic (exact) mass is 363 g/mol. The molecule has 4 rings (SSSR count). The Labute approximate surface area is 160 Å². The van der Waals surface area contributed by atoms with E-state index in [4.69, 9.17) is 0 Å². The highest BCUT2D eigenvalue weighted by atomic mass is 16.2. The molecule has 5 heteroatoms. The largest absolute Gasteiger partial charge is 0.323 e. The molecule has 5 nitrogen and oxygen atoms in total. The summed E-state index contributed by atoms with van der Waals surface area (Å²) < 4.78 is 0. The number of benzene rings is 2. The van der Waals surface area contributed by atoms with Gasteiger partial charge < -0.3 is 10.2 Å². The maximum atomic E-state index is 12.7. The number of likely N-dealkylation sites (tertiary alicyclic amines) is 1. The zero-order valence-corrected chi connectivity index (χ0v) is 15.4.